The second-order valence-corrected chi connectivity index (χ2v) is 4.66. The summed E-state index contributed by atoms with van der Waals surface area (Å²) in [5.74, 6) is 0.857. The molecule has 0 unspecified atom stereocenters. The van der Waals surface area contributed by atoms with Crippen LogP contribution in [0.25, 0.3) is 0 Å². The highest BCUT2D eigenvalue weighted by molar-refractivity contribution is 7.80. The number of thiocarbonyl (C=S) groups is 1. The van der Waals surface area contributed by atoms with Crippen LogP contribution in [0.4, 0.5) is 0 Å². The Morgan fingerprint density at radius 3 is 3.00 bits per heavy atom. The normalized spacial score (nSPS) is 10.6. The molecule has 1 rings (SSSR count). The first-order chi connectivity index (χ1) is 9.22. The number of ether oxygens (including phenoxy) is 1. The average molecular weight is 279 g/mol. The van der Waals surface area contributed by atoms with Crippen LogP contribution in [0.15, 0.2) is 29.4 Å². The van der Waals surface area contributed by atoms with Gasteiger partial charge in [0, 0.05) is 0 Å². The molecular formula is C14H21N3OS. The number of hydrogen-bond donors (Lipinski definition) is 2. The first-order valence-corrected chi connectivity index (χ1v) is 6.94. The zero-order valence-corrected chi connectivity index (χ0v) is 12.1. The number of nitrogens with zero attached hydrogens (tertiary/aromatic N) is 1. The van der Waals surface area contributed by atoms with Crippen molar-refractivity contribution in [2.24, 2.45) is 10.8 Å². The van der Waals surface area contributed by atoms with E-state index in [0.717, 1.165) is 24.3 Å². The standard InChI is InChI=1S/C14H21N3OS/c1-2-3-4-5-9-18-13-8-6-7-12(10-13)11-16-17-14(15)19/h6-8,10-11H,2-5,9H2,1H3,(H3,15,17,19)/b16-11+. The van der Waals surface area contributed by atoms with Crippen molar-refractivity contribution in [1.29, 1.82) is 0 Å². The molecule has 0 saturated heterocycles. The van der Waals surface area contributed by atoms with E-state index in [1.54, 1.807) is 6.21 Å². The maximum absolute atomic E-state index is 5.69. The number of rotatable bonds is 8. The molecule has 104 valence electrons. The first kappa shape index (κ1) is 15.4. The van der Waals surface area contributed by atoms with Gasteiger partial charge in [-0.25, -0.2) is 0 Å². The van der Waals surface area contributed by atoms with Crippen molar-refractivity contribution in [3.05, 3.63) is 29.8 Å². The van der Waals surface area contributed by atoms with E-state index in [1.165, 1.54) is 19.3 Å². The van der Waals surface area contributed by atoms with Crippen molar-refractivity contribution in [2.75, 3.05) is 6.61 Å². The van der Waals surface area contributed by atoms with E-state index in [-0.39, 0.29) is 5.11 Å². The fourth-order valence-corrected chi connectivity index (χ4v) is 1.63. The quantitative estimate of drug-likeness (QED) is 0.332. The van der Waals surface area contributed by atoms with Gasteiger partial charge in [0.05, 0.1) is 12.8 Å². The fourth-order valence-electron chi connectivity index (χ4n) is 1.57. The molecular weight excluding hydrogens is 258 g/mol. The topological polar surface area (TPSA) is 59.6 Å². The predicted octanol–water partition coefficient (Wildman–Crippen LogP) is 2.81. The van der Waals surface area contributed by atoms with Gasteiger partial charge in [-0.2, -0.15) is 5.10 Å². The maximum Gasteiger partial charge on any atom is 0.184 e. The molecule has 0 atom stereocenters. The monoisotopic (exact) mass is 279 g/mol. The van der Waals surface area contributed by atoms with Crippen LogP contribution in [0.5, 0.6) is 5.75 Å². The van der Waals surface area contributed by atoms with Crippen LogP contribution < -0.4 is 15.9 Å². The Labute approximate surface area is 120 Å². The minimum absolute atomic E-state index is 0.152. The Morgan fingerprint density at radius 1 is 1.42 bits per heavy atom. The summed E-state index contributed by atoms with van der Waals surface area (Å²) in [5.41, 5.74) is 8.73. The van der Waals surface area contributed by atoms with Gasteiger partial charge in [-0.3, -0.25) is 5.43 Å². The van der Waals surface area contributed by atoms with Crippen LogP contribution in [0.2, 0.25) is 0 Å². The van der Waals surface area contributed by atoms with Gasteiger partial charge in [0.2, 0.25) is 0 Å². The summed E-state index contributed by atoms with van der Waals surface area (Å²) in [5, 5.41) is 4.06. The van der Waals surface area contributed by atoms with E-state index in [1.807, 2.05) is 24.3 Å². The Bertz CT molecular complexity index is 421. The van der Waals surface area contributed by atoms with E-state index in [0.29, 0.717) is 0 Å². The fraction of sp³-hybridized carbons (Fsp3) is 0.429. The van der Waals surface area contributed by atoms with E-state index >= 15 is 0 Å². The maximum atomic E-state index is 5.69. The van der Waals surface area contributed by atoms with Crippen LogP contribution in [0.3, 0.4) is 0 Å². The number of benzene rings is 1. The van der Waals surface area contributed by atoms with E-state index in [2.05, 4.69) is 29.7 Å². The highest BCUT2D eigenvalue weighted by atomic mass is 32.1. The summed E-state index contributed by atoms with van der Waals surface area (Å²) in [4.78, 5) is 0. The molecule has 0 bridgehead atoms. The third-order valence-electron chi connectivity index (χ3n) is 2.51. The zero-order valence-electron chi connectivity index (χ0n) is 11.3. The van der Waals surface area contributed by atoms with Gasteiger partial charge in [0.25, 0.3) is 0 Å². The Balaban J connectivity index is 2.39. The van der Waals surface area contributed by atoms with Crippen LogP contribution in [-0.4, -0.2) is 17.9 Å². The molecule has 3 N–H and O–H groups in total. The molecule has 1 aromatic rings. The lowest BCUT2D eigenvalue weighted by molar-refractivity contribution is 0.305. The van der Waals surface area contributed by atoms with Gasteiger partial charge in [-0.05, 0) is 36.3 Å². The molecule has 0 aliphatic carbocycles. The van der Waals surface area contributed by atoms with Gasteiger partial charge in [-0.1, -0.05) is 38.3 Å². The highest BCUT2D eigenvalue weighted by Crippen LogP contribution is 2.12. The lowest BCUT2D eigenvalue weighted by atomic mass is 10.2. The number of nitrogens with two attached hydrogens (primary N) is 1. The second-order valence-electron chi connectivity index (χ2n) is 4.22. The van der Waals surface area contributed by atoms with Gasteiger partial charge < -0.3 is 10.5 Å². The largest absolute Gasteiger partial charge is 0.494 e. The highest BCUT2D eigenvalue weighted by Gasteiger charge is 1.95. The van der Waals surface area contributed by atoms with Crippen molar-refractivity contribution in [3.8, 4) is 5.75 Å². The minimum Gasteiger partial charge on any atom is -0.494 e. The summed E-state index contributed by atoms with van der Waals surface area (Å²) in [6.45, 7) is 2.95. The molecule has 0 amide bonds. The van der Waals surface area contributed by atoms with Crippen molar-refractivity contribution >= 4 is 23.5 Å². The second kappa shape index (κ2) is 9.33. The molecule has 1 aromatic carbocycles. The van der Waals surface area contributed by atoms with Crippen molar-refractivity contribution < 1.29 is 4.74 Å². The van der Waals surface area contributed by atoms with Crippen molar-refractivity contribution in [1.82, 2.24) is 5.43 Å². The average Bonchev–Trinajstić information content (AvgIpc) is 2.39. The van der Waals surface area contributed by atoms with Crippen LogP contribution in [-0.2, 0) is 0 Å². The first-order valence-electron chi connectivity index (χ1n) is 6.53. The predicted molar refractivity (Wildman–Crippen MR) is 83.6 cm³/mol. The molecule has 0 aliphatic rings. The lowest BCUT2D eigenvalue weighted by Gasteiger charge is -2.06. The summed E-state index contributed by atoms with van der Waals surface area (Å²) >= 11 is 4.66. The number of hydrogen-bond acceptors (Lipinski definition) is 3. The number of hydrazone groups is 1. The van der Waals surface area contributed by atoms with Crippen LogP contribution in [0, 0.1) is 0 Å². The summed E-state index contributed by atoms with van der Waals surface area (Å²) in [6.07, 6.45) is 6.47. The van der Waals surface area contributed by atoms with Gasteiger partial charge in [-0.15, -0.1) is 0 Å². The van der Waals surface area contributed by atoms with Gasteiger partial charge in [0.1, 0.15) is 5.75 Å². The summed E-state index contributed by atoms with van der Waals surface area (Å²) in [6, 6.07) is 7.75. The summed E-state index contributed by atoms with van der Waals surface area (Å²) in [7, 11) is 0. The molecule has 5 heteroatoms. The summed E-state index contributed by atoms with van der Waals surface area (Å²) < 4.78 is 5.69. The number of unbranched alkanes of at least 4 members (excludes halogenated alkanes) is 3. The van der Waals surface area contributed by atoms with Crippen LogP contribution in [0.1, 0.15) is 38.2 Å². The third kappa shape index (κ3) is 7.41. The lowest BCUT2D eigenvalue weighted by Crippen LogP contribution is -2.23. The molecule has 19 heavy (non-hydrogen) atoms. The molecule has 0 fully saturated rings. The van der Waals surface area contributed by atoms with Crippen molar-refractivity contribution in [3.63, 3.8) is 0 Å². The van der Waals surface area contributed by atoms with Gasteiger partial charge in [0.15, 0.2) is 5.11 Å². The molecule has 0 radical (unpaired) electrons. The molecule has 0 aliphatic heterocycles. The van der Waals surface area contributed by atoms with E-state index in [4.69, 9.17) is 10.5 Å². The molecule has 0 spiro atoms. The molecule has 4 nitrogen and oxygen atoms in total. The molecule has 0 saturated carbocycles. The Hall–Kier alpha value is -1.62. The van der Waals surface area contributed by atoms with E-state index in [9.17, 15) is 0 Å². The third-order valence-corrected chi connectivity index (χ3v) is 2.60. The SMILES string of the molecule is CCCCCCOc1cccc(/C=N/NC(N)=S)c1. The molecule has 0 heterocycles. The zero-order chi connectivity index (χ0) is 13.9. The smallest absolute Gasteiger partial charge is 0.184 e. The Morgan fingerprint density at radius 2 is 2.26 bits per heavy atom. The minimum atomic E-state index is 0.152. The van der Waals surface area contributed by atoms with E-state index < -0.39 is 0 Å². The Kier molecular flexibility index (Phi) is 7.58. The van der Waals surface area contributed by atoms with Crippen LogP contribution >= 0.6 is 12.2 Å². The van der Waals surface area contributed by atoms with Gasteiger partial charge >= 0.3 is 0 Å². The molecule has 0 aromatic heterocycles. The number of nitrogens with one attached hydrogen (secondary N) is 1. The van der Waals surface area contributed by atoms with Crippen molar-refractivity contribution in [2.45, 2.75) is 32.6 Å².